The zero-order valence-electron chi connectivity index (χ0n) is 15.2. The van der Waals surface area contributed by atoms with Crippen molar-refractivity contribution < 1.29 is 23.3 Å². The van der Waals surface area contributed by atoms with Crippen LogP contribution >= 0.6 is 0 Å². The van der Waals surface area contributed by atoms with Gasteiger partial charge in [0.15, 0.2) is 5.78 Å². The first-order valence-corrected chi connectivity index (χ1v) is 8.82. The Kier molecular flexibility index (Phi) is 5.48. The zero-order valence-corrected chi connectivity index (χ0v) is 15.2. The molecule has 2 aromatic rings. The molecule has 0 N–H and O–H groups in total. The Bertz CT molecular complexity index is 953. The van der Waals surface area contributed by atoms with E-state index in [4.69, 9.17) is 0 Å². The second-order valence-corrected chi connectivity index (χ2v) is 6.76. The van der Waals surface area contributed by atoms with Crippen molar-refractivity contribution in [3.8, 4) is 0 Å². The first-order valence-electron chi connectivity index (χ1n) is 8.82. The Morgan fingerprint density at radius 3 is 2.43 bits per heavy atom. The molecule has 0 aromatic heterocycles. The number of amides is 1. The molecule has 1 amide bonds. The van der Waals surface area contributed by atoms with E-state index in [-0.39, 0.29) is 41.4 Å². The van der Waals surface area contributed by atoms with Crippen molar-refractivity contribution in [1.29, 1.82) is 0 Å². The summed E-state index contributed by atoms with van der Waals surface area (Å²) in [5.74, 6) is -2.78. The van der Waals surface area contributed by atoms with E-state index >= 15 is 0 Å². The summed E-state index contributed by atoms with van der Waals surface area (Å²) in [5.41, 5.74) is 0.129. The van der Waals surface area contributed by atoms with E-state index in [9.17, 15) is 28.5 Å². The number of halogens is 2. The summed E-state index contributed by atoms with van der Waals surface area (Å²) >= 11 is 0. The van der Waals surface area contributed by atoms with E-state index in [0.29, 0.717) is 12.8 Å². The Labute approximate surface area is 159 Å². The molecule has 0 radical (unpaired) electrons. The van der Waals surface area contributed by atoms with E-state index in [1.165, 1.54) is 30.0 Å². The molecule has 146 valence electrons. The van der Waals surface area contributed by atoms with Gasteiger partial charge in [-0.25, -0.2) is 8.78 Å². The number of piperidine rings is 1. The average molecular weight is 388 g/mol. The van der Waals surface area contributed by atoms with E-state index in [0.717, 1.165) is 18.2 Å². The van der Waals surface area contributed by atoms with Crippen LogP contribution in [0.15, 0.2) is 36.4 Å². The molecule has 1 fully saturated rings. The van der Waals surface area contributed by atoms with Crippen molar-refractivity contribution in [2.24, 2.45) is 5.92 Å². The molecule has 2 aromatic carbocycles. The lowest BCUT2D eigenvalue weighted by Gasteiger charge is -2.31. The highest BCUT2D eigenvalue weighted by molar-refractivity contribution is 5.99. The molecule has 0 spiro atoms. The lowest BCUT2D eigenvalue weighted by Crippen LogP contribution is -2.40. The first kappa shape index (κ1) is 19.6. The number of nitrogens with zero attached hydrogens (tertiary/aromatic N) is 2. The lowest BCUT2D eigenvalue weighted by atomic mass is 9.88. The summed E-state index contributed by atoms with van der Waals surface area (Å²) in [6.07, 6.45) is 0.628. The van der Waals surface area contributed by atoms with Gasteiger partial charge >= 0.3 is 0 Å². The number of likely N-dealkylation sites (tertiary alicyclic amines) is 1. The van der Waals surface area contributed by atoms with Crippen molar-refractivity contribution in [3.63, 3.8) is 0 Å². The summed E-state index contributed by atoms with van der Waals surface area (Å²) in [7, 11) is 0. The Morgan fingerprint density at radius 2 is 1.79 bits per heavy atom. The van der Waals surface area contributed by atoms with Gasteiger partial charge in [0, 0.05) is 36.2 Å². The predicted molar refractivity (Wildman–Crippen MR) is 97.1 cm³/mol. The number of carbonyl (C=O) groups is 2. The highest BCUT2D eigenvalue weighted by atomic mass is 19.1. The van der Waals surface area contributed by atoms with Crippen LogP contribution in [-0.4, -0.2) is 34.6 Å². The molecular weight excluding hydrogens is 370 g/mol. The van der Waals surface area contributed by atoms with Gasteiger partial charge in [-0.3, -0.25) is 19.7 Å². The number of nitro groups is 1. The predicted octanol–water partition coefficient (Wildman–Crippen LogP) is 3.92. The van der Waals surface area contributed by atoms with Crippen LogP contribution in [0.4, 0.5) is 14.5 Å². The minimum absolute atomic E-state index is 0.127. The first-order chi connectivity index (χ1) is 13.3. The van der Waals surface area contributed by atoms with Crippen molar-refractivity contribution in [1.82, 2.24) is 4.90 Å². The van der Waals surface area contributed by atoms with Crippen molar-refractivity contribution in [2.75, 3.05) is 13.1 Å². The molecule has 1 aliphatic heterocycles. The average Bonchev–Trinajstić information content (AvgIpc) is 2.69. The SMILES string of the molecule is Cc1c(C(=O)N2CCC(C(=O)c3cc(F)ccc3F)CC2)cccc1[N+](=O)[O-]. The molecule has 1 saturated heterocycles. The minimum Gasteiger partial charge on any atom is -0.339 e. The molecule has 3 rings (SSSR count). The summed E-state index contributed by atoms with van der Waals surface area (Å²) in [6, 6.07) is 7.10. The van der Waals surface area contributed by atoms with E-state index in [1.807, 2.05) is 0 Å². The number of carbonyl (C=O) groups excluding carboxylic acids is 2. The maximum absolute atomic E-state index is 13.8. The molecular formula is C20H18F2N2O4. The summed E-state index contributed by atoms with van der Waals surface area (Å²) in [6.45, 7) is 2.04. The molecule has 8 heteroatoms. The Hall–Kier alpha value is -3.16. The number of hydrogen-bond acceptors (Lipinski definition) is 4. The van der Waals surface area contributed by atoms with Crippen LogP contribution in [0.5, 0.6) is 0 Å². The molecule has 1 aliphatic rings. The van der Waals surface area contributed by atoms with Crippen molar-refractivity contribution in [3.05, 3.63) is 74.8 Å². The quantitative estimate of drug-likeness (QED) is 0.452. The molecule has 0 bridgehead atoms. The second kappa shape index (κ2) is 7.84. The number of benzene rings is 2. The largest absolute Gasteiger partial charge is 0.339 e. The fourth-order valence-corrected chi connectivity index (χ4v) is 3.47. The third kappa shape index (κ3) is 3.76. The van der Waals surface area contributed by atoms with E-state index in [1.54, 1.807) is 0 Å². The van der Waals surface area contributed by atoms with E-state index < -0.39 is 28.3 Å². The second-order valence-electron chi connectivity index (χ2n) is 6.76. The summed E-state index contributed by atoms with van der Waals surface area (Å²) < 4.78 is 27.2. The molecule has 0 atom stereocenters. The number of hydrogen-bond donors (Lipinski definition) is 0. The van der Waals surface area contributed by atoms with Gasteiger partial charge in [-0.1, -0.05) is 6.07 Å². The normalized spacial score (nSPS) is 14.8. The number of rotatable bonds is 4. The van der Waals surface area contributed by atoms with Gasteiger partial charge in [0.25, 0.3) is 11.6 Å². The molecule has 1 heterocycles. The lowest BCUT2D eigenvalue weighted by molar-refractivity contribution is -0.385. The highest BCUT2D eigenvalue weighted by Gasteiger charge is 2.31. The minimum atomic E-state index is -0.767. The number of nitro benzene ring substituents is 1. The van der Waals surface area contributed by atoms with Crippen LogP contribution in [-0.2, 0) is 0 Å². The smallest absolute Gasteiger partial charge is 0.273 e. The highest BCUT2D eigenvalue weighted by Crippen LogP contribution is 2.27. The third-order valence-electron chi connectivity index (χ3n) is 5.08. The maximum Gasteiger partial charge on any atom is 0.273 e. The summed E-state index contributed by atoms with van der Waals surface area (Å²) in [5, 5.41) is 11.1. The van der Waals surface area contributed by atoms with Crippen molar-refractivity contribution in [2.45, 2.75) is 19.8 Å². The standard InChI is InChI=1S/C20H18F2N2O4/c1-12-15(3-2-4-18(12)24(27)28)20(26)23-9-7-13(8-10-23)19(25)16-11-14(21)5-6-17(16)22/h2-6,11,13H,7-10H2,1H3. The molecule has 0 saturated carbocycles. The number of Topliss-reactive ketones (excluding diaryl/α,β-unsaturated/α-hetero) is 1. The summed E-state index contributed by atoms with van der Waals surface area (Å²) in [4.78, 5) is 37.3. The van der Waals surface area contributed by atoms with Gasteiger partial charge < -0.3 is 4.90 Å². The van der Waals surface area contributed by atoms with Crippen LogP contribution in [0.25, 0.3) is 0 Å². The van der Waals surface area contributed by atoms with Gasteiger partial charge in [-0.05, 0) is 44.0 Å². The fourth-order valence-electron chi connectivity index (χ4n) is 3.47. The fraction of sp³-hybridized carbons (Fsp3) is 0.300. The Morgan fingerprint density at radius 1 is 1.11 bits per heavy atom. The van der Waals surface area contributed by atoms with Crippen LogP contribution in [0.2, 0.25) is 0 Å². The van der Waals surface area contributed by atoms with Gasteiger partial charge in [0.1, 0.15) is 11.6 Å². The van der Waals surface area contributed by atoms with E-state index in [2.05, 4.69) is 0 Å². The number of ketones is 1. The molecule has 0 unspecified atom stereocenters. The van der Waals surface area contributed by atoms with Crippen LogP contribution in [0.1, 0.15) is 39.1 Å². The Balaban J connectivity index is 1.71. The third-order valence-corrected chi connectivity index (χ3v) is 5.08. The zero-order chi connectivity index (χ0) is 20.4. The van der Waals surface area contributed by atoms with Gasteiger partial charge in [-0.15, -0.1) is 0 Å². The van der Waals surface area contributed by atoms with Gasteiger partial charge in [0.05, 0.1) is 10.5 Å². The van der Waals surface area contributed by atoms with Crippen LogP contribution in [0, 0.1) is 34.6 Å². The van der Waals surface area contributed by atoms with Crippen LogP contribution in [0.3, 0.4) is 0 Å². The molecule has 6 nitrogen and oxygen atoms in total. The monoisotopic (exact) mass is 388 g/mol. The maximum atomic E-state index is 13.8. The van der Waals surface area contributed by atoms with Crippen LogP contribution < -0.4 is 0 Å². The van der Waals surface area contributed by atoms with Gasteiger partial charge in [-0.2, -0.15) is 0 Å². The topological polar surface area (TPSA) is 80.5 Å². The molecule has 28 heavy (non-hydrogen) atoms. The van der Waals surface area contributed by atoms with Crippen molar-refractivity contribution >= 4 is 17.4 Å². The molecule has 0 aliphatic carbocycles. The van der Waals surface area contributed by atoms with Gasteiger partial charge in [0.2, 0.25) is 0 Å².